The topological polar surface area (TPSA) is 42.2 Å². The predicted octanol–water partition coefficient (Wildman–Crippen LogP) is 4.49. The largest absolute Gasteiger partial charge is 0.497 e. The zero-order chi connectivity index (χ0) is 15.2. The van der Waals surface area contributed by atoms with E-state index in [-0.39, 0.29) is 0 Å². The number of methoxy groups -OCH3 is 2. The molecular weight excluding hydrogens is 330 g/mol. The third-order valence-electron chi connectivity index (χ3n) is 3.05. The monoisotopic (exact) mass is 343 g/mol. The van der Waals surface area contributed by atoms with Crippen molar-refractivity contribution in [1.29, 1.82) is 5.26 Å². The summed E-state index contributed by atoms with van der Waals surface area (Å²) in [5.41, 5.74) is 2.33. The predicted molar refractivity (Wildman–Crippen MR) is 87.3 cm³/mol. The summed E-state index contributed by atoms with van der Waals surface area (Å²) >= 11 is 3.52. The van der Waals surface area contributed by atoms with E-state index in [0.717, 1.165) is 27.1 Å². The smallest absolute Gasteiger partial charge is 0.118 e. The highest BCUT2D eigenvalue weighted by molar-refractivity contribution is 9.15. The summed E-state index contributed by atoms with van der Waals surface area (Å²) in [4.78, 5) is 0. The fourth-order valence-electron chi connectivity index (χ4n) is 1.88. The summed E-state index contributed by atoms with van der Waals surface area (Å²) < 4.78 is 11.0. The summed E-state index contributed by atoms with van der Waals surface area (Å²) in [5.74, 6) is 1.54. The van der Waals surface area contributed by atoms with Gasteiger partial charge in [0.15, 0.2) is 0 Å². The standard InChI is InChI=1S/C17H14BrNO2/c1-20-14-7-3-12(4-8-14)16(11-19)17(18)13-5-9-15(21-2)10-6-13/h3-10H,1-2H3. The summed E-state index contributed by atoms with van der Waals surface area (Å²) in [6.07, 6.45) is 0. The van der Waals surface area contributed by atoms with Gasteiger partial charge in [0.25, 0.3) is 0 Å². The second kappa shape index (κ2) is 6.96. The number of benzene rings is 2. The fraction of sp³-hybridized carbons (Fsp3) is 0.118. The van der Waals surface area contributed by atoms with Crippen molar-refractivity contribution >= 4 is 26.0 Å². The van der Waals surface area contributed by atoms with Crippen LogP contribution in [0.2, 0.25) is 0 Å². The third kappa shape index (κ3) is 3.45. The molecule has 0 aromatic heterocycles. The van der Waals surface area contributed by atoms with E-state index in [1.807, 2.05) is 48.5 Å². The lowest BCUT2D eigenvalue weighted by Gasteiger charge is -2.07. The number of nitrogens with zero attached hydrogens (tertiary/aromatic N) is 1. The highest BCUT2D eigenvalue weighted by Gasteiger charge is 2.09. The normalized spacial score (nSPS) is 11.3. The van der Waals surface area contributed by atoms with Crippen LogP contribution in [0.25, 0.3) is 10.1 Å². The summed E-state index contributed by atoms with van der Waals surface area (Å²) in [6.45, 7) is 0. The Morgan fingerprint density at radius 1 is 0.857 bits per heavy atom. The minimum atomic E-state index is 0.572. The lowest BCUT2D eigenvalue weighted by atomic mass is 10.0. The Balaban J connectivity index is 2.42. The summed E-state index contributed by atoms with van der Waals surface area (Å²) in [7, 11) is 3.24. The van der Waals surface area contributed by atoms with Crippen LogP contribution in [0.5, 0.6) is 11.5 Å². The second-order valence-electron chi connectivity index (χ2n) is 4.26. The summed E-state index contributed by atoms with van der Waals surface area (Å²) in [6, 6.07) is 17.2. The van der Waals surface area contributed by atoms with Crippen LogP contribution in [0.15, 0.2) is 48.5 Å². The van der Waals surface area contributed by atoms with Gasteiger partial charge in [-0.25, -0.2) is 0 Å². The average Bonchev–Trinajstić information content (AvgIpc) is 2.56. The minimum Gasteiger partial charge on any atom is -0.497 e. The first-order chi connectivity index (χ1) is 10.2. The van der Waals surface area contributed by atoms with Crippen molar-refractivity contribution in [3.63, 3.8) is 0 Å². The molecule has 2 aromatic carbocycles. The van der Waals surface area contributed by atoms with Crippen molar-refractivity contribution in [2.24, 2.45) is 0 Å². The van der Waals surface area contributed by atoms with Gasteiger partial charge in [-0.1, -0.05) is 12.1 Å². The van der Waals surface area contributed by atoms with Gasteiger partial charge >= 0.3 is 0 Å². The lowest BCUT2D eigenvalue weighted by molar-refractivity contribution is 0.414. The Kier molecular flexibility index (Phi) is 5.02. The van der Waals surface area contributed by atoms with Crippen molar-refractivity contribution in [2.75, 3.05) is 14.2 Å². The lowest BCUT2D eigenvalue weighted by Crippen LogP contribution is -1.88. The molecule has 0 heterocycles. The van der Waals surface area contributed by atoms with Gasteiger partial charge in [0, 0.05) is 4.48 Å². The first kappa shape index (κ1) is 15.1. The van der Waals surface area contributed by atoms with E-state index in [9.17, 15) is 5.26 Å². The Labute approximate surface area is 132 Å². The Bertz CT molecular complexity index is 682. The number of halogens is 1. The van der Waals surface area contributed by atoms with Gasteiger partial charge in [0.1, 0.15) is 17.6 Å². The van der Waals surface area contributed by atoms with Crippen molar-refractivity contribution < 1.29 is 9.47 Å². The second-order valence-corrected chi connectivity index (χ2v) is 5.05. The first-order valence-electron chi connectivity index (χ1n) is 6.28. The molecule has 0 radical (unpaired) electrons. The molecule has 0 atom stereocenters. The molecule has 106 valence electrons. The molecule has 0 aliphatic heterocycles. The quantitative estimate of drug-likeness (QED) is 0.606. The van der Waals surface area contributed by atoms with Gasteiger partial charge < -0.3 is 9.47 Å². The maximum Gasteiger partial charge on any atom is 0.118 e. The van der Waals surface area contributed by atoms with Crippen molar-refractivity contribution in [3.05, 3.63) is 59.7 Å². The van der Waals surface area contributed by atoms with Crippen LogP contribution in [-0.2, 0) is 0 Å². The van der Waals surface area contributed by atoms with Gasteiger partial charge in [-0.05, 0) is 63.5 Å². The van der Waals surface area contributed by atoms with Gasteiger partial charge in [-0.15, -0.1) is 0 Å². The van der Waals surface area contributed by atoms with E-state index in [1.54, 1.807) is 14.2 Å². The Morgan fingerprint density at radius 2 is 1.29 bits per heavy atom. The molecule has 3 nitrogen and oxygen atoms in total. The highest BCUT2D eigenvalue weighted by Crippen LogP contribution is 2.32. The Hall–Kier alpha value is -2.25. The molecule has 4 heteroatoms. The number of allylic oxidation sites excluding steroid dienone is 1. The highest BCUT2D eigenvalue weighted by atomic mass is 79.9. The maximum atomic E-state index is 9.44. The average molecular weight is 344 g/mol. The molecule has 0 aliphatic carbocycles. The van der Waals surface area contributed by atoms with Crippen LogP contribution in [-0.4, -0.2) is 14.2 Å². The molecule has 0 aliphatic rings. The molecule has 21 heavy (non-hydrogen) atoms. The molecule has 0 amide bonds. The Morgan fingerprint density at radius 3 is 1.67 bits per heavy atom. The van der Waals surface area contributed by atoms with E-state index < -0.39 is 0 Å². The summed E-state index contributed by atoms with van der Waals surface area (Å²) in [5, 5.41) is 9.44. The van der Waals surface area contributed by atoms with E-state index in [2.05, 4.69) is 22.0 Å². The van der Waals surface area contributed by atoms with Gasteiger partial charge in [-0.3, -0.25) is 0 Å². The van der Waals surface area contributed by atoms with Crippen LogP contribution in [0.1, 0.15) is 11.1 Å². The zero-order valence-corrected chi connectivity index (χ0v) is 13.3. The van der Waals surface area contributed by atoms with Crippen LogP contribution in [0.3, 0.4) is 0 Å². The molecule has 2 aromatic rings. The van der Waals surface area contributed by atoms with E-state index in [0.29, 0.717) is 5.57 Å². The van der Waals surface area contributed by atoms with Crippen LogP contribution in [0.4, 0.5) is 0 Å². The number of rotatable bonds is 4. The van der Waals surface area contributed by atoms with Gasteiger partial charge in [0.05, 0.1) is 19.8 Å². The molecular formula is C17H14BrNO2. The SMILES string of the molecule is COc1ccc(C(Br)=C(C#N)c2ccc(OC)cc2)cc1. The van der Waals surface area contributed by atoms with Crippen LogP contribution < -0.4 is 9.47 Å². The van der Waals surface area contributed by atoms with Gasteiger partial charge in [0.2, 0.25) is 0 Å². The molecule has 0 saturated carbocycles. The first-order valence-corrected chi connectivity index (χ1v) is 7.07. The molecule has 2 rings (SSSR count). The number of hydrogen-bond donors (Lipinski definition) is 0. The third-order valence-corrected chi connectivity index (χ3v) is 3.91. The zero-order valence-electron chi connectivity index (χ0n) is 11.8. The molecule has 0 fully saturated rings. The molecule has 0 N–H and O–H groups in total. The fourth-order valence-corrected chi connectivity index (χ4v) is 2.46. The van der Waals surface area contributed by atoms with Crippen molar-refractivity contribution in [1.82, 2.24) is 0 Å². The molecule has 0 saturated heterocycles. The molecule has 0 unspecified atom stereocenters. The number of hydrogen-bond acceptors (Lipinski definition) is 3. The molecule has 0 spiro atoms. The van der Waals surface area contributed by atoms with Crippen LogP contribution in [0, 0.1) is 11.3 Å². The van der Waals surface area contributed by atoms with E-state index >= 15 is 0 Å². The van der Waals surface area contributed by atoms with E-state index in [1.165, 1.54) is 0 Å². The van der Waals surface area contributed by atoms with Gasteiger partial charge in [-0.2, -0.15) is 5.26 Å². The maximum absolute atomic E-state index is 9.44. The molecule has 0 bridgehead atoms. The number of nitriles is 1. The number of ether oxygens (including phenoxy) is 2. The van der Waals surface area contributed by atoms with Crippen molar-refractivity contribution in [2.45, 2.75) is 0 Å². The van der Waals surface area contributed by atoms with Crippen LogP contribution >= 0.6 is 15.9 Å². The van der Waals surface area contributed by atoms with Crippen molar-refractivity contribution in [3.8, 4) is 17.6 Å². The van der Waals surface area contributed by atoms with E-state index in [4.69, 9.17) is 9.47 Å². The minimum absolute atomic E-state index is 0.572.